The van der Waals surface area contributed by atoms with Gasteiger partial charge in [0.15, 0.2) is 0 Å². The third kappa shape index (κ3) is 3.26. The van der Waals surface area contributed by atoms with Crippen molar-refractivity contribution >= 4 is 40.1 Å². The van der Waals surface area contributed by atoms with Crippen molar-refractivity contribution in [2.75, 3.05) is 11.9 Å². The van der Waals surface area contributed by atoms with Crippen molar-refractivity contribution < 1.29 is 14.3 Å². The van der Waals surface area contributed by atoms with Crippen LogP contribution in [0, 0.1) is 0 Å². The minimum atomic E-state index is -0.425. The van der Waals surface area contributed by atoms with Crippen molar-refractivity contribution in [2.45, 2.75) is 6.92 Å². The van der Waals surface area contributed by atoms with Gasteiger partial charge in [0.05, 0.1) is 22.7 Å². The molecule has 0 atom stereocenters. The van der Waals surface area contributed by atoms with Crippen LogP contribution in [0.15, 0.2) is 48.5 Å². The summed E-state index contributed by atoms with van der Waals surface area (Å²) >= 11 is 6.11. The smallest absolute Gasteiger partial charge is 0.338 e. The number of carbonyl (C=O) groups is 2. The first-order valence-corrected chi connectivity index (χ1v) is 7.82. The molecule has 0 aliphatic rings. The second-order valence-electron chi connectivity index (χ2n) is 5.14. The Labute approximate surface area is 143 Å². The van der Waals surface area contributed by atoms with Crippen molar-refractivity contribution in [1.82, 2.24) is 4.98 Å². The fourth-order valence-corrected chi connectivity index (χ4v) is 2.61. The molecule has 5 nitrogen and oxygen atoms in total. The molecule has 2 aromatic carbocycles. The second-order valence-corrected chi connectivity index (χ2v) is 5.55. The van der Waals surface area contributed by atoms with Gasteiger partial charge in [0.1, 0.15) is 5.69 Å². The van der Waals surface area contributed by atoms with Crippen LogP contribution < -0.4 is 5.32 Å². The summed E-state index contributed by atoms with van der Waals surface area (Å²) in [6.45, 7) is 2.04. The van der Waals surface area contributed by atoms with Crippen LogP contribution in [0.3, 0.4) is 0 Å². The molecule has 0 fully saturated rings. The van der Waals surface area contributed by atoms with Crippen molar-refractivity contribution in [1.29, 1.82) is 0 Å². The molecule has 1 amide bonds. The summed E-state index contributed by atoms with van der Waals surface area (Å²) < 4.78 is 4.95. The van der Waals surface area contributed by atoms with E-state index in [1.165, 1.54) is 0 Å². The molecule has 122 valence electrons. The van der Waals surface area contributed by atoms with E-state index in [0.29, 0.717) is 34.1 Å². The van der Waals surface area contributed by atoms with Gasteiger partial charge >= 0.3 is 5.97 Å². The molecule has 24 heavy (non-hydrogen) atoms. The summed E-state index contributed by atoms with van der Waals surface area (Å²) in [5.74, 6) is -0.741. The van der Waals surface area contributed by atoms with Gasteiger partial charge in [-0.25, -0.2) is 4.79 Å². The molecule has 1 heterocycles. The number of benzene rings is 2. The number of hydrogen-bond acceptors (Lipinski definition) is 3. The third-order valence-electron chi connectivity index (χ3n) is 3.48. The van der Waals surface area contributed by atoms with E-state index >= 15 is 0 Å². The van der Waals surface area contributed by atoms with E-state index in [1.807, 2.05) is 12.1 Å². The van der Waals surface area contributed by atoms with Crippen molar-refractivity contribution in [2.24, 2.45) is 0 Å². The number of halogens is 1. The molecule has 0 aliphatic heterocycles. The fraction of sp³-hybridized carbons (Fsp3) is 0.111. The normalized spacial score (nSPS) is 10.6. The fourth-order valence-electron chi connectivity index (χ4n) is 2.38. The minimum Gasteiger partial charge on any atom is -0.462 e. The topological polar surface area (TPSA) is 71.2 Å². The Morgan fingerprint density at radius 1 is 1.17 bits per heavy atom. The number of nitrogens with one attached hydrogen (secondary N) is 2. The average molecular weight is 343 g/mol. The number of aromatic amines is 1. The van der Waals surface area contributed by atoms with Crippen molar-refractivity contribution in [3.05, 3.63) is 64.8 Å². The van der Waals surface area contributed by atoms with Gasteiger partial charge in [-0.3, -0.25) is 4.79 Å². The van der Waals surface area contributed by atoms with Crippen molar-refractivity contribution in [3.63, 3.8) is 0 Å². The molecule has 0 saturated heterocycles. The molecule has 0 aliphatic carbocycles. The molecule has 0 unspecified atom stereocenters. The first-order valence-electron chi connectivity index (χ1n) is 7.44. The number of carbonyl (C=O) groups excluding carboxylic acids is 2. The highest BCUT2D eigenvalue weighted by molar-refractivity contribution is 6.35. The Hall–Kier alpha value is -2.79. The number of esters is 1. The van der Waals surface area contributed by atoms with Crippen LogP contribution in [0.25, 0.3) is 10.9 Å². The van der Waals surface area contributed by atoms with Crippen LogP contribution in [-0.4, -0.2) is 23.5 Å². The van der Waals surface area contributed by atoms with Gasteiger partial charge in [0.2, 0.25) is 0 Å². The molecule has 2 N–H and O–H groups in total. The molecular formula is C18H15ClN2O3. The van der Waals surface area contributed by atoms with E-state index in [0.717, 1.165) is 5.39 Å². The molecule has 6 heteroatoms. The quantitative estimate of drug-likeness (QED) is 0.696. The van der Waals surface area contributed by atoms with E-state index in [1.54, 1.807) is 43.3 Å². The summed E-state index contributed by atoms with van der Waals surface area (Å²) in [5.41, 5.74) is 1.99. The number of amides is 1. The Morgan fingerprint density at radius 3 is 2.71 bits per heavy atom. The minimum absolute atomic E-state index is 0.297. The molecule has 0 bridgehead atoms. The van der Waals surface area contributed by atoms with E-state index < -0.39 is 5.97 Å². The maximum atomic E-state index is 12.4. The second kappa shape index (κ2) is 6.76. The van der Waals surface area contributed by atoms with Crippen LogP contribution >= 0.6 is 11.6 Å². The highest BCUT2D eigenvalue weighted by atomic mass is 35.5. The largest absolute Gasteiger partial charge is 0.462 e. The summed E-state index contributed by atoms with van der Waals surface area (Å²) in [6.07, 6.45) is 0. The van der Waals surface area contributed by atoms with Crippen LogP contribution in [0.1, 0.15) is 27.8 Å². The van der Waals surface area contributed by atoms with Crippen molar-refractivity contribution in [3.8, 4) is 0 Å². The Balaban J connectivity index is 1.82. The summed E-state index contributed by atoms with van der Waals surface area (Å²) in [7, 11) is 0. The summed E-state index contributed by atoms with van der Waals surface area (Å²) in [6, 6.07) is 13.8. The lowest BCUT2D eigenvalue weighted by atomic mass is 10.2. The van der Waals surface area contributed by atoms with Gasteiger partial charge in [0, 0.05) is 11.1 Å². The lowest BCUT2D eigenvalue weighted by Crippen LogP contribution is -2.13. The Kier molecular flexibility index (Phi) is 4.53. The number of hydrogen-bond donors (Lipinski definition) is 2. The predicted molar refractivity (Wildman–Crippen MR) is 93.7 cm³/mol. The Bertz CT molecular complexity index is 918. The SMILES string of the molecule is CCOC(=O)c1cccc(NC(=O)c2cc3cccc(Cl)c3[nH]2)c1. The number of para-hydroxylation sites is 1. The highest BCUT2D eigenvalue weighted by Gasteiger charge is 2.13. The monoisotopic (exact) mass is 342 g/mol. The summed E-state index contributed by atoms with van der Waals surface area (Å²) in [4.78, 5) is 27.2. The number of ether oxygens (including phenoxy) is 1. The maximum Gasteiger partial charge on any atom is 0.338 e. The van der Waals surface area contributed by atoms with Crippen LogP contribution in [0.5, 0.6) is 0 Å². The van der Waals surface area contributed by atoms with Gasteiger partial charge < -0.3 is 15.0 Å². The molecular weight excluding hydrogens is 328 g/mol. The predicted octanol–water partition coefficient (Wildman–Crippen LogP) is 4.25. The highest BCUT2D eigenvalue weighted by Crippen LogP contribution is 2.24. The molecule has 1 aromatic heterocycles. The third-order valence-corrected chi connectivity index (χ3v) is 3.80. The molecule has 0 saturated carbocycles. The lowest BCUT2D eigenvalue weighted by molar-refractivity contribution is 0.0526. The van der Waals surface area contributed by atoms with Gasteiger partial charge in [-0.1, -0.05) is 29.8 Å². The van der Waals surface area contributed by atoms with E-state index in [2.05, 4.69) is 10.3 Å². The number of H-pyrrole nitrogens is 1. The molecule has 0 spiro atoms. The van der Waals surface area contributed by atoms with Gasteiger partial charge in [-0.15, -0.1) is 0 Å². The average Bonchev–Trinajstić information content (AvgIpc) is 3.01. The lowest BCUT2D eigenvalue weighted by Gasteiger charge is -2.06. The van der Waals surface area contributed by atoms with E-state index in [4.69, 9.17) is 16.3 Å². The number of fused-ring (bicyclic) bond motifs is 1. The zero-order chi connectivity index (χ0) is 17.1. The first-order chi connectivity index (χ1) is 11.6. The molecule has 0 radical (unpaired) electrons. The number of rotatable bonds is 4. The van der Waals surface area contributed by atoms with Gasteiger partial charge in [-0.2, -0.15) is 0 Å². The molecule has 3 rings (SSSR count). The maximum absolute atomic E-state index is 12.4. The van der Waals surface area contributed by atoms with E-state index in [-0.39, 0.29) is 5.91 Å². The van der Waals surface area contributed by atoms with Crippen LogP contribution in [0.2, 0.25) is 5.02 Å². The first kappa shape index (κ1) is 16.1. The molecule has 3 aromatic rings. The van der Waals surface area contributed by atoms with Crippen LogP contribution in [0.4, 0.5) is 5.69 Å². The zero-order valence-electron chi connectivity index (χ0n) is 12.9. The zero-order valence-corrected chi connectivity index (χ0v) is 13.7. The van der Waals surface area contributed by atoms with Gasteiger partial charge in [-0.05, 0) is 37.3 Å². The van der Waals surface area contributed by atoms with E-state index in [9.17, 15) is 9.59 Å². The number of aromatic nitrogens is 1. The van der Waals surface area contributed by atoms with Gasteiger partial charge in [0.25, 0.3) is 5.91 Å². The van der Waals surface area contributed by atoms with Crippen LogP contribution in [-0.2, 0) is 4.74 Å². The standard InChI is InChI=1S/C18H15ClN2O3/c1-2-24-18(23)12-6-3-7-13(9-12)20-17(22)15-10-11-5-4-8-14(19)16(11)21-15/h3-10,21H,2H2,1H3,(H,20,22). The number of anilines is 1. The Morgan fingerprint density at radius 2 is 1.96 bits per heavy atom. The summed E-state index contributed by atoms with van der Waals surface area (Å²) in [5, 5.41) is 4.16.